The molecule has 0 saturated carbocycles. The number of nitrogens with one attached hydrogen (secondary N) is 1. The van der Waals surface area contributed by atoms with E-state index in [1.54, 1.807) is 22.9 Å². The van der Waals surface area contributed by atoms with Crippen LogP contribution in [-0.2, 0) is 14.6 Å². The largest absolute Gasteiger partial charge is 0.494 e. The van der Waals surface area contributed by atoms with Gasteiger partial charge < -0.3 is 10.1 Å². The molecule has 1 saturated heterocycles. The lowest BCUT2D eigenvalue weighted by atomic mass is 10.2. The van der Waals surface area contributed by atoms with Crippen molar-refractivity contribution in [2.75, 3.05) is 23.4 Å². The minimum Gasteiger partial charge on any atom is -0.494 e. The van der Waals surface area contributed by atoms with Crippen LogP contribution >= 0.6 is 11.6 Å². The summed E-state index contributed by atoms with van der Waals surface area (Å²) >= 11 is 5.99. The molecule has 1 N–H and O–H groups in total. The Bertz CT molecular complexity index is 972. The average Bonchev–Trinajstić information content (AvgIpc) is 3.16. The zero-order valence-electron chi connectivity index (χ0n) is 15.9. The van der Waals surface area contributed by atoms with Gasteiger partial charge in [-0.15, -0.1) is 0 Å². The summed E-state index contributed by atoms with van der Waals surface area (Å²) in [4.78, 5) is 12.3. The molecule has 152 valence electrons. The topological polar surface area (TPSA) is 90.3 Å². The van der Waals surface area contributed by atoms with Crippen LogP contribution in [0.1, 0.15) is 36.6 Å². The van der Waals surface area contributed by atoms with E-state index in [0.29, 0.717) is 36.7 Å². The maximum atomic E-state index is 12.3. The van der Waals surface area contributed by atoms with Gasteiger partial charge in [0.15, 0.2) is 9.84 Å². The number of ether oxygens (including phenoxy) is 1. The van der Waals surface area contributed by atoms with Gasteiger partial charge in [0.25, 0.3) is 0 Å². The minimum absolute atomic E-state index is 0.0609. The molecule has 2 aromatic rings. The van der Waals surface area contributed by atoms with Crippen LogP contribution in [0.3, 0.4) is 0 Å². The van der Waals surface area contributed by atoms with Crippen molar-refractivity contribution in [1.29, 1.82) is 0 Å². The van der Waals surface area contributed by atoms with E-state index in [2.05, 4.69) is 10.4 Å². The second kappa shape index (κ2) is 8.53. The Kier molecular flexibility index (Phi) is 6.30. The van der Waals surface area contributed by atoms with Crippen molar-refractivity contribution < 1.29 is 17.9 Å². The molecule has 1 amide bonds. The van der Waals surface area contributed by atoms with Gasteiger partial charge in [0.2, 0.25) is 5.91 Å². The minimum atomic E-state index is -3.03. The standard InChI is InChI=1S/C19H24ClN3O4S/c1-13-10-16(5-6-17(13)20)27-8-3-4-19(24)21-18-11-14(2)22-23(18)15-7-9-28(25,26)12-15/h5-6,10-11,15H,3-4,7-9,12H2,1-2H3,(H,21,24). The zero-order valence-corrected chi connectivity index (χ0v) is 17.5. The van der Waals surface area contributed by atoms with E-state index in [4.69, 9.17) is 16.3 Å². The number of anilines is 1. The third kappa shape index (κ3) is 5.26. The first-order valence-corrected chi connectivity index (χ1v) is 11.4. The van der Waals surface area contributed by atoms with E-state index in [9.17, 15) is 13.2 Å². The lowest BCUT2D eigenvalue weighted by molar-refractivity contribution is -0.116. The zero-order chi connectivity index (χ0) is 20.3. The summed E-state index contributed by atoms with van der Waals surface area (Å²) in [5, 5.41) is 7.90. The molecule has 1 aliphatic heterocycles. The first-order chi connectivity index (χ1) is 13.2. The van der Waals surface area contributed by atoms with Crippen LogP contribution in [0.15, 0.2) is 24.3 Å². The van der Waals surface area contributed by atoms with Gasteiger partial charge in [0, 0.05) is 17.5 Å². The molecule has 1 aromatic heterocycles. The van der Waals surface area contributed by atoms with Crippen LogP contribution in [0.2, 0.25) is 5.02 Å². The first kappa shape index (κ1) is 20.7. The molecule has 1 aliphatic rings. The third-order valence-electron chi connectivity index (χ3n) is 4.63. The van der Waals surface area contributed by atoms with Gasteiger partial charge in [-0.2, -0.15) is 5.10 Å². The Morgan fingerprint density at radius 3 is 2.82 bits per heavy atom. The number of hydrogen-bond acceptors (Lipinski definition) is 5. The number of nitrogens with zero attached hydrogens (tertiary/aromatic N) is 2. The van der Waals surface area contributed by atoms with Gasteiger partial charge in [0.05, 0.1) is 29.8 Å². The van der Waals surface area contributed by atoms with E-state index in [1.807, 2.05) is 19.9 Å². The molecule has 0 radical (unpaired) electrons. The molecule has 1 aromatic carbocycles. The van der Waals surface area contributed by atoms with Gasteiger partial charge in [-0.05, 0) is 50.5 Å². The predicted molar refractivity (Wildman–Crippen MR) is 109 cm³/mol. The molecule has 0 bridgehead atoms. The number of halogens is 1. The fourth-order valence-corrected chi connectivity index (χ4v) is 5.00. The van der Waals surface area contributed by atoms with E-state index in [-0.39, 0.29) is 23.5 Å². The Balaban J connectivity index is 1.50. The summed E-state index contributed by atoms with van der Waals surface area (Å²) in [6, 6.07) is 6.97. The number of sulfone groups is 1. The lowest BCUT2D eigenvalue weighted by Gasteiger charge is -2.14. The smallest absolute Gasteiger partial charge is 0.225 e. The maximum absolute atomic E-state index is 12.3. The molecular weight excluding hydrogens is 402 g/mol. The summed E-state index contributed by atoms with van der Waals surface area (Å²) in [6.45, 7) is 4.13. The number of carbonyl (C=O) groups is 1. The number of aromatic nitrogens is 2. The molecule has 0 spiro atoms. The summed E-state index contributed by atoms with van der Waals surface area (Å²) in [6.07, 6.45) is 1.36. The van der Waals surface area contributed by atoms with Crippen molar-refractivity contribution in [3.63, 3.8) is 0 Å². The van der Waals surface area contributed by atoms with Crippen LogP contribution in [0.4, 0.5) is 5.82 Å². The van der Waals surface area contributed by atoms with E-state index in [1.165, 1.54) is 0 Å². The monoisotopic (exact) mass is 425 g/mol. The summed E-state index contributed by atoms with van der Waals surface area (Å²) in [5.41, 5.74) is 1.68. The van der Waals surface area contributed by atoms with Crippen molar-refractivity contribution in [3.05, 3.63) is 40.5 Å². The van der Waals surface area contributed by atoms with Crippen LogP contribution < -0.4 is 10.1 Å². The van der Waals surface area contributed by atoms with Gasteiger partial charge >= 0.3 is 0 Å². The van der Waals surface area contributed by atoms with Crippen molar-refractivity contribution in [2.24, 2.45) is 0 Å². The van der Waals surface area contributed by atoms with E-state index >= 15 is 0 Å². The Hall–Kier alpha value is -2.06. The van der Waals surface area contributed by atoms with Crippen LogP contribution in [0, 0.1) is 13.8 Å². The Morgan fingerprint density at radius 2 is 2.14 bits per heavy atom. The molecule has 2 heterocycles. The highest BCUT2D eigenvalue weighted by Crippen LogP contribution is 2.27. The van der Waals surface area contributed by atoms with Crippen molar-refractivity contribution in [1.82, 2.24) is 9.78 Å². The van der Waals surface area contributed by atoms with Gasteiger partial charge in [0.1, 0.15) is 11.6 Å². The van der Waals surface area contributed by atoms with Crippen LogP contribution in [-0.4, -0.2) is 42.2 Å². The highest BCUT2D eigenvalue weighted by atomic mass is 35.5. The second-order valence-corrected chi connectivity index (χ2v) is 9.72. The summed E-state index contributed by atoms with van der Waals surface area (Å²) in [7, 11) is -3.03. The normalized spacial score (nSPS) is 18.2. The molecule has 3 rings (SSSR count). The second-order valence-electron chi connectivity index (χ2n) is 7.08. The molecule has 28 heavy (non-hydrogen) atoms. The number of benzene rings is 1. The number of rotatable bonds is 7. The van der Waals surface area contributed by atoms with Crippen molar-refractivity contribution >= 4 is 33.2 Å². The van der Waals surface area contributed by atoms with Gasteiger partial charge in [-0.25, -0.2) is 13.1 Å². The molecule has 7 nitrogen and oxygen atoms in total. The van der Waals surface area contributed by atoms with Gasteiger partial charge in [-0.3, -0.25) is 4.79 Å². The van der Waals surface area contributed by atoms with E-state index in [0.717, 1.165) is 17.0 Å². The first-order valence-electron chi connectivity index (χ1n) is 9.19. The number of hydrogen-bond donors (Lipinski definition) is 1. The van der Waals surface area contributed by atoms with Crippen LogP contribution in [0.5, 0.6) is 5.75 Å². The summed E-state index contributed by atoms with van der Waals surface area (Å²) < 4.78 is 30.8. The van der Waals surface area contributed by atoms with Gasteiger partial charge in [-0.1, -0.05) is 11.6 Å². The Labute approximate surface area is 169 Å². The predicted octanol–water partition coefficient (Wildman–Crippen LogP) is 3.31. The van der Waals surface area contributed by atoms with Crippen molar-refractivity contribution in [3.8, 4) is 5.75 Å². The highest BCUT2D eigenvalue weighted by Gasteiger charge is 2.31. The fourth-order valence-electron chi connectivity index (χ4n) is 3.19. The number of amides is 1. The number of carbonyl (C=O) groups excluding carboxylic acids is 1. The molecule has 1 fully saturated rings. The summed E-state index contributed by atoms with van der Waals surface area (Å²) in [5.74, 6) is 1.33. The molecule has 1 atom stereocenters. The SMILES string of the molecule is Cc1cc(NC(=O)CCCOc2ccc(Cl)c(C)c2)n(C2CCS(=O)(=O)C2)n1. The Morgan fingerprint density at radius 1 is 1.36 bits per heavy atom. The van der Waals surface area contributed by atoms with E-state index < -0.39 is 9.84 Å². The average molecular weight is 426 g/mol. The highest BCUT2D eigenvalue weighted by molar-refractivity contribution is 7.91. The quantitative estimate of drug-likeness (QED) is 0.687. The molecule has 9 heteroatoms. The fraction of sp³-hybridized carbons (Fsp3) is 0.474. The van der Waals surface area contributed by atoms with Crippen molar-refractivity contribution in [2.45, 2.75) is 39.2 Å². The number of aryl methyl sites for hydroxylation is 2. The molecule has 0 aliphatic carbocycles. The third-order valence-corrected chi connectivity index (χ3v) is 6.80. The lowest BCUT2D eigenvalue weighted by Crippen LogP contribution is -2.19. The molecule has 1 unspecified atom stereocenters. The molecular formula is C19H24ClN3O4S. The van der Waals surface area contributed by atoms with Crippen LogP contribution in [0.25, 0.3) is 0 Å². The maximum Gasteiger partial charge on any atom is 0.225 e.